The Morgan fingerprint density at radius 2 is 1.92 bits per heavy atom. The van der Waals surface area contributed by atoms with Crippen LogP contribution in [0.2, 0.25) is 0 Å². The van der Waals surface area contributed by atoms with Gasteiger partial charge in [-0.3, -0.25) is 4.79 Å². The van der Waals surface area contributed by atoms with Gasteiger partial charge in [0.15, 0.2) is 5.82 Å². The van der Waals surface area contributed by atoms with Crippen molar-refractivity contribution in [2.75, 3.05) is 17.7 Å². The number of rotatable bonds is 5. The van der Waals surface area contributed by atoms with Crippen molar-refractivity contribution in [2.24, 2.45) is 0 Å². The molecule has 0 atom stereocenters. The summed E-state index contributed by atoms with van der Waals surface area (Å²) in [6, 6.07) is 8.94. The minimum absolute atomic E-state index is 0.215. The Labute approximate surface area is 150 Å². The van der Waals surface area contributed by atoms with Crippen molar-refractivity contribution in [3.8, 4) is 5.75 Å². The van der Waals surface area contributed by atoms with Gasteiger partial charge >= 0.3 is 0 Å². The van der Waals surface area contributed by atoms with E-state index in [1.165, 1.54) is 0 Å². The van der Waals surface area contributed by atoms with E-state index in [-0.39, 0.29) is 5.69 Å². The quantitative estimate of drug-likeness (QED) is 0.725. The van der Waals surface area contributed by atoms with Crippen molar-refractivity contribution in [2.45, 2.75) is 20.8 Å². The highest BCUT2D eigenvalue weighted by Crippen LogP contribution is 2.27. The molecule has 26 heavy (non-hydrogen) atoms. The molecule has 1 aromatic carbocycles. The molecule has 3 aromatic rings. The fraction of sp³-hybridized carbons (Fsp3) is 0.222. The molecule has 0 saturated heterocycles. The Bertz CT molecular complexity index is 952. The number of hydrogen-bond donors (Lipinski definition) is 2. The number of aromatic nitrogens is 3. The molecular formula is C18H19N5O3. The molecule has 134 valence electrons. The first kappa shape index (κ1) is 17.4. The lowest BCUT2D eigenvalue weighted by Crippen LogP contribution is -2.15. The van der Waals surface area contributed by atoms with Crippen LogP contribution in [-0.2, 0) is 0 Å². The molecular weight excluding hydrogens is 334 g/mol. The second-order valence-corrected chi connectivity index (χ2v) is 5.82. The van der Waals surface area contributed by atoms with Crippen LogP contribution in [-0.4, -0.2) is 28.1 Å². The molecule has 2 heterocycles. The monoisotopic (exact) mass is 353 g/mol. The van der Waals surface area contributed by atoms with E-state index in [0.717, 1.165) is 11.3 Å². The molecule has 0 aliphatic rings. The molecule has 3 rings (SSSR count). The summed E-state index contributed by atoms with van der Waals surface area (Å²) in [6.07, 6.45) is 0. The van der Waals surface area contributed by atoms with Gasteiger partial charge < -0.3 is 19.9 Å². The van der Waals surface area contributed by atoms with Crippen LogP contribution in [0.15, 0.2) is 34.9 Å². The Kier molecular flexibility index (Phi) is 4.83. The topological polar surface area (TPSA) is 102 Å². The number of methoxy groups -OCH3 is 1. The molecule has 0 spiro atoms. The van der Waals surface area contributed by atoms with Crippen LogP contribution in [0.4, 0.5) is 17.5 Å². The Hall–Kier alpha value is -3.42. The van der Waals surface area contributed by atoms with Gasteiger partial charge in [0.2, 0.25) is 5.95 Å². The Balaban J connectivity index is 1.86. The molecule has 0 radical (unpaired) electrons. The van der Waals surface area contributed by atoms with Gasteiger partial charge in [-0.25, -0.2) is 9.97 Å². The molecule has 1 amide bonds. The summed E-state index contributed by atoms with van der Waals surface area (Å²) < 4.78 is 10.3. The number of carbonyl (C=O) groups excluding carboxylic acids is 1. The second-order valence-electron chi connectivity index (χ2n) is 5.82. The third-order valence-electron chi connectivity index (χ3n) is 3.56. The minimum Gasteiger partial charge on any atom is -0.495 e. The van der Waals surface area contributed by atoms with Crippen molar-refractivity contribution < 1.29 is 14.1 Å². The second kappa shape index (κ2) is 7.22. The van der Waals surface area contributed by atoms with E-state index < -0.39 is 5.91 Å². The fourth-order valence-electron chi connectivity index (χ4n) is 2.39. The van der Waals surface area contributed by atoms with Gasteiger partial charge in [0, 0.05) is 11.8 Å². The number of carbonyl (C=O) groups is 1. The number of nitrogens with zero attached hydrogens (tertiary/aromatic N) is 3. The summed E-state index contributed by atoms with van der Waals surface area (Å²) in [5.74, 6) is 1.50. The van der Waals surface area contributed by atoms with E-state index in [9.17, 15) is 4.79 Å². The average molecular weight is 353 g/mol. The van der Waals surface area contributed by atoms with Gasteiger partial charge in [0.05, 0.1) is 12.8 Å². The summed E-state index contributed by atoms with van der Waals surface area (Å²) in [4.78, 5) is 21.0. The fourth-order valence-corrected chi connectivity index (χ4v) is 2.39. The first-order chi connectivity index (χ1) is 12.4. The largest absolute Gasteiger partial charge is 0.495 e. The average Bonchev–Trinajstić information content (AvgIpc) is 2.99. The van der Waals surface area contributed by atoms with Crippen molar-refractivity contribution in [3.05, 3.63) is 53.0 Å². The minimum atomic E-state index is -0.400. The van der Waals surface area contributed by atoms with Crippen LogP contribution < -0.4 is 15.4 Å². The number of anilines is 3. The van der Waals surface area contributed by atoms with Crippen molar-refractivity contribution in [1.29, 1.82) is 0 Å². The standard InChI is InChI=1S/C18H19N5O3/c1-10-5-6-15(25-4)13(7-10)20-18-19-11(2)8-14(21-18)17(24)22-16-9-12(3)26-23-16/h5-9H,1-4H3,(H,19,20,21)(H,22,23,24). The highest BCUT2D eigenvalue weighted by atomic mass is 16.5. The van der Waals surface area contributed by atoms with E-state index in [2.05, 4.69) is 25.8 Å². The number of amides is 1. The van der Waals surface area contributed by atoms with Crippen LogP contribution >= 0.6 is 0 Å². The molecule has 0 saturated carbocycles. The predicted octanol–water partition coefficient (Wildman–Crippen LogP) is 3.39. The van der Waals surface area contributed by atoms with Gasteiger partial charge in [-0.05, 0) is 44.5 Å². The zero-order valence-corrected chi connectivity index (χ0v) is 15.0. The highest BCUT2D eigenvalue weighted by Gasteiger charge is 2.14. The molecule has 8 heteroatoms. The summed E-state index contributed by atoms with van der Waals surface area (Å²) in [5, 5.41) is 9.49. The smallest absolute Gasteiger partial charge is 0.275 e. The number of hydrogen-bond acceptors (Lipinski definition) is 7. The number of ether oxygens (including phenoxy) is 1. The highest BCUT2D eigenvalue weighted by molar-refractivity contribution is 6.02. The molecule has 0 aliphatic carbocycles. The predicted molar refractivity (Wildman–Crippen MR) is 97.0 cm³/mol. The van der Waals surface area contributed by atoms with Crippen molar-refractivity contribution in [1.82, 2.24) is 15.1 Å². The summed E-state index contributed by atoms with van der Waals surface area (Å²) in [6.45, 7) is 5.51. The SMILES string of the molecule is COc1ccc(C)cc1Nc1nc(C)cc(C(=O)Nc2cc(C)on2)n1. The molecule has 2 aromatic heterocycles. The van der Waals surface area contributed by atoms with E-state index >= 15 is 0 Å². The maximum atomic E-state index is 12.4. The lowest BCUT2D eigenvalue weighted by Gasteiger charge is -2.12. The zero-order chi connectivity index (χ0) is 18.7. The van der Waals surface area contributed by atoms with Gasteiger partial charge in [0.1, 0.15) is 17.2 Å². The molecule has 0 aliphatic heterocycles. The van der Waals surface area contributed by atoms with E-state index in [0.29, 0.717) is 29.0 Å². The summed E-state index contributed by atoms with van der Waals surface area (Å²) in [7, 11) is 1.59. The normalized spacial score (nSPS) is 10.5. The summed E-state index contributed by atoms with van der Waals surface area (Å²) >= 11 is 0. The first-order valence-corrected chi connectivity index (χ1v) is 7.96. The summed E-state index contributed by atoms with van der Waals surface area (Å²) in [5.41, 5.74) is 2.64. The van der Waals surface area contributed by atoms with Crippen molar-refractivity contribution >= 4 is 23.4 Å². The lowest BCUT2D eigenvalue weighted by molar-refractivity contribution is 0.102. The third-order valence-corrected chi connectivity index (χ3v) is 3.56. The van der Waals surface area contributed by atoms with Crippen LogP contribution in [0.3, 0.4) is 0 Å². The van der Waals surface area contributed by atoms with Crippen LogP contribution in [0.25, 0.3) is 0 Å². The molecule has 2 N–H and O–H groups in total. The van der Waals surface area contributed by atoms with Crippen LogP contribution in [0.5, 0.6) is 5.75 Å². The van der Waals surface area contributed by atoms with E-state index in [4.69, 9.17) is 9.26 Å². The Morgan fingerprint density at radius 3 is 2.62 bits per heavy atom. The maximum absolute atomic E-state index is 12.4. The molecule has 0 bridgehead atoms. The maximum Gasteiger partial charge on any atom is 0.275 e. The van der Waals surface area contributed by atoms with E-state index in [1.54, 1.807) is 33.1 Å². The number of benzene rings is 1. The lowest BCUT2D eigenvalue weighted by atomic mass is 10.2. The van der Waals surface area contributed by atoms with Crippen LogP contribution in [0.1, 0.15) is 27.5 Å². The number of nitrogens with one attached hydrogen (secondary N) is 2. The Morgan fingerprint density at radius 1 is 1.12 bits per heavy atom. The van der Waals surface area contributed by atoms with Gasteiger partial charge in [0.25, 0.3) is 5.91 Å². The van der Waals surface area contributed by atoms with Crippen LogP contribution in [0, 0.1) is 20.8 Å². The third kappa shape index (κ3) is 3.97. The van der Waals surface area contributed by atoms with Gasteiger partial charge in [-0.1, -0.05) is 11.2 Å². The first-order valence-electron chi connectivity index (χ1n) is 7.96. The van der Waals surface area contributed by atoms with E-state index in [1.807, 2.05) is 25.1 Å². The molecule has 0 fully saturated rings. The molecule has 8 nitrogen and oxygen atoms in total. The molecule has 0 unspecified atom stereocenters. The van der Waals surface area contributed by atoms with Gasteiger partial charge in [-0.15, -0.1) is 0 Å². The number of aryl methyl sites for hydroxylation is 3. The van der Waals surface area contributed by atoms with Gasteiger partial charge in [-0.2, -0.15) is 0 Å². The van der Waals surface area contributed by atoms with Crippen molar-refractivity contribution in [3.63, 3.8) is 0 Å². The zero-order valence-electron chi connectivity index (χ0n) is 15.0.